The summed E-state index contributed by atoms with van der Waals surface area (Å²) < 4.78 is 1.79. The summed E-state index contributed by atoms with van der Waals surface area (Å²) in [5.41, 5.74) is 3.14. The van der Waals surface area contributed by atoms with Gasteiger partial charge in [0.2, 0.25) is 0 Å². The lowest BCUT2D eigenvalue weighted by Crippen LogP contribution is -2.16. The molecule has 6 heteroatoms. The first-order valence-corrected chi connectivity index (χ1v) is 7.19. The van der Waals surface area contributed by atoms with E-state index in [-0.39, 0.29) is 5.41 Å². The second-order valence-electron chi connectivity index (χ2n) is 5.92. The predicted molar refractivity (Wildman–Crippen MR) is 79.4 cm³/mol. The molecule has 0 unspecified atom stereocenters. The topological polar surface area (TPSA) is 68.0 Å². The van der Waals surface area contributed by atoms with Crippen LogP contribution < -0.4 is 0 Å². The normalized spacial score (nSPS) is 11.9. The van der Waals surface area contributed by atoms with E-state index in [0.29, 0.717) is 10.6 Å². The molecule has 5 nitrogen and oxygen atoms in total. The highest BCUT2D eigenvalue weighted by molar-refractivity contribution is 7.17. The van der Waals surface area contributed by atoms with Crippen molar-refractivity contribution < 1.29 is 9.90 Å². The van der Waals surface area contributed by atoms with Crippen molar-refractivity contribution in [3.05, 3.63) is 22.0 Å². The van der Waals surface area contributed by atoms with E-state index in [4.69, 9.17) is 0 Å². The second-order valence-corrected chi connectivity index (χ2v) is 6.92. The van der Waals surface area contributed by atoms with Crippen molar-refractivity contribution in [2.45, 2.75) is 40.0 Å². The number of aromatic nitrogens is 3. The molecule has 1 N–H and O–H groups in total. The maximum Gasteiger partial charge on any atom is 0.347 e. The van der Waals surface area contributed by atoms with Crippen molar-refractivity contribution in [2.75, 3.05) is 0 Å². The van der Waals surface area contributed by atoms with Crippen LogP contribution >= 0.6 is 11.3 Å². The maximum atomic E-state index is 11.4. The number of aryl methyl sites for hydroxylation is 2. The summed E-state index contributed by atoms with van der Waals surface area (Å²) in [6.45, 7) is 9.80. The summed E-state index contributed by atoms with van der Waals surface area (Å²) in [7, 11) is 1.88. The van der Waals surface area contributed by atoms with Crippen molar-refractivity contribution >= 4 is 17.3 Å². The van der Waals surface area contributed by atoms with Gasteiger partial charge in [-0.25, -0.2) is 9.78 Å². The molecule has 0 fully saturated rings. The Labute approximate surface area is 122 Å². The summed E-state index contributed by atoms with van der Waals surface area (Å²) in [5.74, 6) is -0.919. The molecule has 0 aromatic carbocycles. The third-order valence-electron chi connectivity index (χ3n) is 3.25. The Morgan fingerprint density at radius 1 is 1.30 bits per heavy atom. The van der Waals surface area contributed by atoms with E-state index >= 15 is 0 Å². The van der Waals surface area contributed by atoms with Crippen LogP contribution in [0.4, 0.5) is 0 Å². The second kappa shape index (κ2) is 4.70. The van der Waals surface area contributed by atoms with Crippen LogP contribution in [-0.2, 0) is 12.5 Å². The zero-order valence-corrected chi connectivity index (χ0v) is 13.4. The van der Waals surface area contributed by atoms with Gasteiger partial charge in [-0.05, 0) is 13.8 Å². The zero-order valence-electron chi connectivity index (χ0n) is 12.6. The van der Waals surface area contributed by atoms with Crippen LogP contribution in [0, 0.1) is 13.8 Å². The Hall–Kier alpha value is -1.69. The Balaban J connectivity index is 2.68. The summed E-state index contributed by atoms with van der Waals surface area (Å²) in [6.07, 6.45) is 0. The van der Waals surface area contributed by atoms with Gasteiger partial charge in [0.1, 0.15) is 9.88 Å². The monoisotopic (exact) mass is 293 g/mol. The van der Waals surface area contributed by atoms with Crippen LogP contribution in [0.3, 0.4) is 0 Å². The van der Waals surface area contributed by atoms with Crippen molar-refractivity contribution in [3.8, 4) is 10.6 Å². The fraction of sp³-hybridized carbons (Fsp3) is 0.500. The van der Waals surface area contributed by atoms with Crippen LogP contribution in [0.15, 0.2) is 0 Å². The molecule has 0 saturated carbocycles. The van der Waals surface area contributed by atoms with E-state index in [2.05, 4.69) is 10.1 Å². The molecule has 0 spiro atoms. The zero-order chi connectivity index (χ0) is 15.2. The third-order valence-corrected chi connectivity index (χ3v) is 4.32. The Bertz CT molecular complexity index is 677. The predicted octanol–water partition coefficient (Wildman–Crippen LogP) is 3.16. The molecule has 2 aromatic heterocycles. The lowest BCUT2D eigenvalue weighted by Gasteiger charge is -2.16. The minimum absolute atomic E-state index is 0.299. The van der Waals surface area contributed by atoms with Gasteiger partial charge >= 0.3 is 5.97 Å². The van der Waals surface area contributed by atoms with E-state index < -0.39 is 5.97 Å². The molecule has 0 bridgehead atoms. The van der Waals surface area contributed by atoms with Crippen molar-refractivity contribution in [1.82, 2.24) is 14.8 Å². The average Bonchev–Trinajstić information content (AvgIpc) is 2.82. The average molecular weight is 293 g/mol. The largest absolute Gasteiger partial charge is 0.477 e. The highest BCUT2D eigenvalue weighted by Crippen LogP contribution is 2.36. The van der Waals surface area contributed by atoms with E-state index in [9.17, 15) is 9.90 Å². The molecule has 2 rings (SSSR count). The van der Waals surface area contributed by atoms with Gasteiger partial charge in [0, 0.05) is 18.2 Å². The van der Waals surface area contributed by atoms with Crippen LogP contribution in [0.2, 0.25) is 0 Å². The standard InChI is InChI=1S/C14H19N3O2S/c1-7-9(8(2)17(6)16-7)12-15-11(14(3,4)5)10(20-12)13(18)19/h1-6H3,(H,18,19). The minimum atomic E-state index is -0.919. The van der Waals surface area contributed by atoms with Gasteiger partial charge in [-0.1, -0.05) is 20.8 Å². The van der Waals surface area contributed by atoms with E-state index in [0.717, 1.165) is 22.0 Å². The molecular weight excluding hydrogens is 274 g/mol. The van der Waals surface area contributed by atoms with Gasteiger partial charge in [0.05, 0.1) is 17.0 Å². The summed E-state index contributed by atoms with van der Waals surface area (Å²) in [4.78, 5) is 16.3. The number of nitrogens with zero attached hydrogens (tertiary/aromatic N) is 3. The van der Waals surface area contributed by atoms with Gasteiger partial charge in [0.25, 0.3) is 0 Å². The fourth-order valence-electron chi connectivity index (χ4n) is 2.16. The Kier molecular flexibility index (Phi) is 3.46. The maximum absolute atomic E-state index is 11.4. The van der Waals surface area contributed by atoms with Crippen LogP contribution in [-0.4, -0.2) is 25.8 Å². The van der Waals surface area contributed by atoms with Gasteiger partial charge in [0.15, 0.2) is 0 Å². The van der Waals surface area contributed by atoms with Gasteiger partial charge in [-0.15, -0.1) is 11.3 Å². The number of thiazole rings is 1. The molecule has 0 amide bonds. The molecular formula is C14H19N3O2S. The Morgan fingerprint density at radius 2 is 1.90 bits per heavy atom. The molecule has 20 heavy (non-hydrogen) atoms. The smallest absolute Gasteiger partial charge is 0.347 e. The number of carboxylic acids is 1. The molecule has 0 aliphatic heterocycles. The van der Waals surface area contributed by atoms with Gasteiger partial charge in [-0.2, -0.15) is 5.10 Å². The quantitative estimate of drug-likeness (QED) is 0.923. The van der Waals surface area contributed by atoms with Crippen LogP contribution in [0.1, 0.15) is 47.5 Å². The lowest BCUT2D eigenvalue weighted by molar-refractivity contribution is 0.0699. The van der Waals surface area contributed by atoms with Crippen molar-refractivity contribution in [2.24, 2.45) is 7.05 Å². The fourth-order valence-corrected chi connectivity index (χ4v) is 3.43. The molecule has 0 atom stereocenters. The van der Waals surface area contributed by atoms with Crippen LogP contribution in [0.5, 0.6) is 0 Å². The highest BCUT2D eigenvalue weighted by Gasteiger charge is 2.28. The number of aromatic carboxylic acids is 1. The minimum Gasteiger partial charge on any atom is -0.477 e. The van der Waals surface area contributed by atoms with Crippen molar-refractivity contribution in [3.63, 3.8) is 0 Å². The molecule has 0 saturated heterocycles. The molecule has 0 aliphatic rings. The third kappa shape index (κ3) is 2.35. The Morgan fingerprint density at radius 3 is 2.25 bits per heavy atom. The molecule has 2 heterocycles. The molecule has 0 aliphatic carbocycles. The van der Waals surface area contributed by atoms with Gasteiger partial charge in [-0.3, -0.25) is 4.68 Å². The number of carboxylic acid groups (broad SMARTS) is 1. The summed E-state index contributed by atoms with van der Waals surface area (Å²) >= 11 is 1.23. The SMILES string of the molecule is Cc1nn(C)c(C)c1-c1nc(C(C)(C)C)c(C(=O)O)s1. The number of carbonyl (C=O) groups is 1. The van der Waals surface area contributed by atoms with Gasteiger partial charge < -0.3 is 5.11 Å². The molecule has 2 aromatic rings. The first-order valence-electron chi connectivity index (χ1n) is 6.38. The van der Waals surface area contributed by atoms with Crippen molar-refractivity contribution in [1.29, 1.82) is 0 Å². The number of rotatable bonds is 2. The summed E-state index contributed by atoms with van der Waals surface area (Å²) in [5, 5.41) is 14.5. The van der Waals surface area contributed by atoms with E-state index in [1.54, 1.807) is 4.68 Å². The molecule has 108 valence electrons. The highest BCUT2D eigenvalue weighted by atomic mass is 32.1. The number of hydrogen-bond acceptors (Lipinski definition) is 4. The number of hydrogen-bond donors (Lipinski definition) is 1. The first kappa shape index (κ1) is 14.7. The first-order chi connectivity index (χ1) is 9.12. The molecule has 0 radical (unpaired) electrons. The van der Waals surface area contributed by atoms with E-state index in [1.165, 1.54) is 11.3 Å². The van der Waals surface area contributed by atoms with Crippen LogP contribution in [0.25, 0.3) is 10.6 Å². The lowest BCUT2D eigenvalue weighted by atomic mass is 9.91. The summed E-state index contributed by atoms with van der Waals surface area (Å²) in [6, 6.07) is 0. The van der Waals surface area contributed by atoms with E-state index in [1.807, 2.05) is 41.7 Å².